The van der Waals surface area contributed by atoms with Crippen molar-refractivity contribution in [1.29, 1.82) is 0 Å². The third-order valence-electron chi connectivity index (χ3n) is 2.28. The highest BCUT2D eigenvalue weighted by Crippen LogP contribution is 2.28. The number of aromatic nitrogens is 2. The fourth-order valence-electron chi connectivity index (χ4n) is 1.38. The summed E-state index contributed by atoms with van der Waals surface area (Å²) in [7, 11) is 0. The van der Waals surface area contributed by atoms with Crippen LogP contribution in [0.1, 0.15) is 29.8 Å². The summed E-state index contributed by atoms with van der Waals surface area (Å²) in [6.07, 6.45) is 0. The van der Waals surface area contributed by atoms with Gasteiger partial charge < -0.3 is 0 Å². The second-order valence-electron chi connectivity index (χ2n) is 4.36. The van der Waals surface area contributed by atoms with Crippen molar-refractivity contribution in [2.75, 3.05) is 5.32 Å². The molecule has 1 amide bonds. The smallest absolute Gasteiger partial charge is 0.257 e. The first-order valence-corrected chi connectivity index (χ1v) is 7.62. The highest BCUT2D eigenvalue weighted by molar-refractivity contribution is 8.01. The molecule has 0 atom stereocenters. The van der Waals surface area contributed by atoms with Crippen LogP contribution in [0, 0.1) is 6.92 Å². The molecule has 0 aliphatic carbocycles. The maximum absolute atomic E-state index is 12.0. The second kappa shape index (κ2) is 6.16. The SMILES string of the molecule is Cc1ccc(C(=O)Nc2nnc(SC(C)C)s2)cc1. The molecule has 0 unspecified atom stereocenters. The summed E-state index contributed by atoms with van der Waals surface area (Å²) in [5.74, 6) is -0.155. The molecular weight excluding hydrogens is 278 g/mol. The normalized spacial score (nSPS) is 10.7. The third-order valence-corrected chi connectivity index (χ3v) is 4.20. The molecule has 1 N–H and O–H groups in total. The average Bonchev–Trinajstić information content (AvgIpc) is 2.76. The van der Waals surface area contributed by atoms with Crippen LogP contribution in [-0.4, -0.2) is 21.4 Å². The van der Waals surface area contributed by atoms with E-state index < -0.39 is 0 Å². The first-order valence-electron chi connectivity index (χ1n) is 5.93. The van der Waals surface area contributed by atoms with Crippen molar-refractivity contribution < 1.29 is 4.79 Å². The number of amides is 1. The number of nitrogens with zero attached hydrogens (tertiary/aromatic N) is 2. The minimum absolute atomic E-state index is 0.155. The van der Waals surface area contributed by atoms with Gasteiger partial charge in [0.15, 0.2) is 4.34 Å². The molecule has 1 aromatic carbocycles. The minimum atomic E-state index is -0.155. The predicted octanol–water partition coefficient (Wildman–Crippen LogP) is 3.60. The summed E-state index contributed by atoms with van der Waals surface area (Å²) in [6.45, 7) is 6.18. The zero-order valence-electron chi connectivity index (χ0n) is 11.0. The molecule has 1 aromatic heterocycles. The monoisotopic (exact) mass is 293 g/mol. The molecule has 0 bridgehead atoms. The quantitative estimate of drug-likeness (QED) is 0.691. The van der Waals surface area contributed by atoms with Gasteiger partial charge in [0.2, 0.25) is 5.13 Å². The molecule has 4 nitrogen and oxygen atoms in total. The van der Waals surface area contributed by atoms with Gasteiger partial charge in [-0.15, -0.1) is 10.2 Å². The molecule has 2 aromatic rings. The number of rotatable bonds is 4. The van der Waals surface area contributed by atoms with E-state index in [0.29, 0.717) is 15.9 Å². The maximum atomic E-state index is 12.0. The largest absolute Gasteiger partial charge is 0.296 e. The lowest BCUT2D eigenvalue weighted by molar-refractivity contribution is 0.102. The Morgan fingerprint density at radius 1 is 1.26 bits per heavy atom. The van der Waals surface area contributed by atoms with Gasteiger partial charge in [0.25, 0.3) is 5.91 Å². The van der Waals surface area contributed by atoms with Gasteiger partial charge in [-0.3, -0.25) is 10.1 Å². The number of hydrogen-bond acceptors (Lipinski definition) is 5. The van der Waals surface area contributed by atoms with Gasteiger partial charge in [0.1, 0.15) is 0 Å². The number of anilines is 1. The second-order valence-corrected chi connectivity index (χ2v) is 7.16. The third kappa shape index (κ3) is 4.04. The molecule has 0 aliphatic rings. The number of nitrogens with one attached hydrogen (secondary N) is 1. The van der Waals surface area contributed by atoms with E-state index in [4.69, 9.17) is 0 Å². The van der Waals surface area contributed by atoms with Gasteiger partial charge in [0, 0.05) is 10.8 Å². The molecule has 6 heteroatoms. The molecule has 100 valence electrons. The average molecular weight is 293 g/mol. The summed E-state index contributed by atoms with van der Waals surface area (Å²) in [5.41, 5.74) is 1.75. The van der Waals surface area contributed by atoms with E-state index >= 15 is 0 Å². The van der Waals surface area contributed by atoms with Crippen molar-refractivity contribution in [3.63, 3.8) is 0 Å². The fourth-order valence-corrected chi connectivity index (χ4v) is 3.35. The number of carbonyl (C=O) groups excluding carboxylic acids is 1. The molecule has 1 heterocycles. The van der Waals surface area contributed by atoms with E-state index in [1.807, 2.05) is 19.1 Å². The highest BCUT2D eigenvalue weighted by Gasteiger charge is 2.11. The van der Waals surface area contributed by atoms with E-state index in [9.17, 15) is 4.79 Å². The van der Waals surface area contributed by atoms with Gasteiger partial charge in [-0.2, -0.15) is 0 Å². The molecule has 0 spiro atoms. The molecule has 0 saturated carbocycles. The van der Waals surface area contributed by atoms with Gasteiger partial charge in [-0.05, 0) is 19.1 Å². The lowest BCUT2D eigenvalue weighted by Crippen LogP contribution is -2.11. The number of hydrogen-bond donors (Lipinski definition) is 1. The Balaban J connectivity index is 2.02. The fraction of sp³-hybridized carbons (Fsp3) is 0.308. The van der Waals surface area contributed by atoms with Crippen molar-refractivity contribution in [3.8, 4) is 0 Å². The number of thioether (sulfide) groups is 1. The Morgan fingerprint density at radius 3 is 2.58 bits per heavy atom. The molecule has 0 aliphatic heterocycles. The summed E-state index contributed by atoms with van der Waals surface area (Å²) >= 11 is 3.03. The van der Waals surface area contributed by atoms with Crippen molar-refractivity contribution >= 4 is 34.1 Å². The van der Waals surface area contributed by atoms with E-state index in [-0.39, 0.29) is 5.91 Å². The molecule has 0 fully saturated rings. The first kappa shape index (κ1) is 14.0. The number of aryl methyl sites for hydroxylation is 1. The Hall–Kier alpha value is -1.40. The Bertz CT molecular complexity index is 564. The van der Waals surface area contributed by atoms with Crippen LogP contribution in [0.25, 0.3) is 0 Å². The van der Waals surface area contributed by atoms with E-state index in [0.717, 1.165) is 9.90 Å². The van der Waals surface area contributed by atoms with Crippen LogP contribution < -0.4 is 5.32 Å². The topological polar surface area (TPSA) is 54.9 Å². The summed E-state index contributed by atoms with van der Waals surface area (Å²) in [6, 6.07) is 7.43. The summed E-state index contributed by atoms with van der Waals surface area (Å²) < 4.78 is 0.870. The van der Waals surface area contributed by atoms with Crippen LogP contribution in [0.5, 0.6) is 0 Å². The Labute approximate surface area is 120 Å². The Kier molecular flexibility index (Phi) is 4.55. The van der Waals surface area contributed by atoms with E-state index in [1.165, 1.54) is 11.3 Å². The molecule has 0 radical (unpaired) electrons. The Morgan fingerprint density at radius 2 is 1.95 bits per heavy atom. The van der Waals surface area contributed by atoms with Crippen LogP contribution in [0.2, 0.25) is 0 Å². The van der Waals surface area contributed by atoms with Crippen molar-refractivity contribution in [2.24, 2.45) is 0 Å². The molecule has 19 heavy (non-hydrogen) atoms. The standard InChI is InChI=1S/C13H15N3OS2/c1-8(2)18-13-16-15-12(19-13)14-11(17)10-6-4-9(3)5-7-10/h4-8H,1-3H3,(H,14,15,17). The van der Waals surface area contributed by atoms with Crippen LogP contribution in [-0.2, 0) is 0 Å². The lowest BCUT2D eigenvalue weighted by atomic mass is 10.1. The summed E-state index contributed by atoms with van der Waals surface area (Å²) in [5, 5.41) is 11.8. The lowest BCUT2D eigenvalue weighted by Gasteiger charge is -2.01. The van der Waals surface area contributed by atoms with E-state index in [2.05, 4.69) is 29.4 Å². The van der Waals surface area contributed by atoms with Crippen LogP contribution in [0.15, 0.2) is 28.6 Å². The van der Waals surface area contributed by atoms with Gasteiger partial charge in [0.05, 0.1) is 0 Å². The highest BCUT2D eigenvalue weighted by atomic mass is 32.2. The van der Waals surface area contributed by atoms with Gasteiger partial charge in [-0.25, -0.2) is 0 Å². The molecule has 2 rings (SSSR count). The predicted molar refractivity (Wildman–Crippen MR) is 80.0 cm³/mol. The van der Waals surface area contributed by atoms with E-state index in [1.54, 1.807) is 23.9 Å². The van der Waals surface area contributed by atoms with Gasteiger partial charge in [-0.1, -0.05) is 54.6 Å². The minimum Gasteiger partial charge on any atom is -0.296 e. The maximum Gasteiger partial charge on any atom is 0.257 e. The molecule has 0 saturated heterocycles. The van der Waals surface area contributed by atoms with Crippen molar-refractivity contribution in [2.45, 2.75) is 30.4 Å². The zero-order chi connectivity index (χ0) is 13.8. The van der Waals surface area contributed by atoms with Crippen LogP contribution in [0.4, 0.5) is 5.13 Å². The van der Waals surface area contributed by atoms with Crippen LogP contribution in [0.3, 0.4) is 0 Å². The molecular formula is C13H15N3OS2. The first-order chi connectivity index (χ1) is 9.04. The number of carbonyl (C=O) groups is 1. The zero-order valence-corrected chi connectivity index (χ0v) is 12.6. The van der Waals surface area contributed by atoms with Crippen molar-refractivity contribution in [1.82, 2.24) is 10.2 Å². The van der Waals surface area contributed by atoms with Gasteiger partial charge >= 0.3 is 0 Å². The number of benzene rings is 1. The van der Waals surface area contributed by atoms with Crippen molar-refractivity contribution in [3.05, 3.63) is 35.4 Å². The summed E-state index contributed by atoms with van der Waals surface area (Å²) in [4.78, 5) is 12.0. The van der Waals surface area contributed by atoms with Crippen LogP contribution >= 0.6 is 23.1 Å².